The van der Waals surface area contributed by atoms with Crippen molar-refractivity contribution in [3.63, 3.8) is 0 Å². The summed E-state index contributed by atoms with van der Waals surface area (Å²) in [7, 11) is 0. The predicted molar refractivity (Wildman–Crippen MR) is 145 cm³/mol. The monoisotopic (exact) mass is 567 g/mol. The normalized spacial score (nSPS) is 17.1. The summed E-state index contributed by atoms with van der Waals surface area (Å²) in [6.45, 7) is 4.98. The zero-order chi connectivity index (χ0) is 29.7. The van der Waals surface area contributed by atoms with E-state index < -0.39 is 29.4 Å². The lowest BCUT2D eigenvalue weighted by molar-refractivity contribution is -0.146. The van der Waals surface area contributed by atoms with Gasteiger partial charge < -0.3 is 16.2 Å². The standard InChI is InChI=1S/C28H28F3N7O3/c1-26(2,25(40)41)14-15-7-9-16(10-8-15)27(3)18-20(32)34-22(35-21(18)36-24(27)39)19-17-6-4-12-33-23(17)38(37-19)13-5-11-28(29,30)31/h4,6-10,12H,5,11,13-14H2,1-3H3,(H,40,41)(H3,32,34,35,36,39)/t27-/m0/s1. The SMILES string of the molecule is CC(C)(Cc1ccc([C@]2(C)C(=O)Nc3nc(-c4nn(CCCC(F)(F)F)c5ncccc45)nc(N)c32)cc1)C(=O)O. The number of hydrogen-bond donors (Lipinski definition) is 3. The summed E-state index contributed by atoms with van der Waals surface area (Å²) >= 11 is 0. The molecule has 0 aliphatic carbocycles. The van der Waals surface area contributed by atoms with E-state index in [-0.39, 0.29) is 42.0 Å². The summed E-state index contributed by atoms with van der Waals surface area (Å²) in [4.78, 5) is 38.2. The number of anilines is 2. The number of aliphatic carboxylic acids is 1. The van der Waals surface area contributed by atoms with Crippen LogP contribution in [0.15, 0.2) is 42.6 Å². The minimum absolute atomic E-state index is 0.0120. The fraction of sp³-hybridized carbons (Fsp3) is 0.357. The molecule has 41 heavy (non-hydrogen) atoms. The highest BCUT2D eigenvalue weighted by molar-refractivity contribution is 6.09. The van der Waals surface area contributed by atoms with Crippen LogP contribution in [0.1, 0.15) is 50.3 Å². The molecule has 3 aromatic heterocycles. The molecule has 5 rings (SSSR count). The van der Waals surface area contributed by atoms with E-state index in [2.05, 4.69) is 25.4 Å². The molecule has 10 nitrogen and oxygen atoms in total. The number of carboxylic acid groups (broad SMARTS) is 1. The lowest BCUT2D eigenvalue weighted by atomic mass is 9.77. The molecule has 1 atom stereocenters. The van der Waals surface area contributed by atoms with Crippen LogP contribution in [0.3, 0.4) is 0 Å². The maximum absolute atomic E-state index is 13.3. The number of fused-ring (bicyclic) bond motifs is 2. The second-order valence-electron chi connectivity index (χ2n) is 11.0. The van der Waals surface area contributed by atoms with E-state index in [0.717, 1.165) is 5.56 Å². The van der Waals surface area contributed by atoms with Gasteiger partial charge in [0.25, 0.3) is 0 Å². The Morgan fingerprint density at radius 3 is 2.51 bits per heavy atom. The van der Waals surface area contributed by atoms with Gasteiger partial charge in [-0.15, -0.1) is 0 Å². The van der Waals surface area contributed by atoms with Crippen LogP contribution in [0.25, 0.3) is 22.6 Å². The van der Waals surface area contributed by atoms with Crippen molar-refractivity contribution in [2.24, 2.45) is 5.41 Å². The lowest BCUT2D eigenvalue weighted by Crippen LogP contribution is -2.33. The molecule has 0 unspecified atom stereocenters. The first-order valence-corrected chi connectivity index (χ1v) is 12.9. The quantitative estimate of drug-likeness (QED) is 0.277. The van der Waals surface area contributed by atoms with Crippen LogP contribution < -0.4 is 11.1 Å². The molecule has 4 heterocycles. The number of benzene rings is 1. The smallest absolute Gasteiger partial charge is 0.389 e. The van der Waals surface area contributed by atoms with E-state index in [1.165, 1.54) is 10.9 Å². The summed E-state index contributed by atoms with van der Waals surface area (Å²) < 4.78 is 39.5. The second kappa shape index (κ2) is 9.82. The van der Waals surface area contributed by atoms with Crippen LogP contribution in [-0.2, 0) is 28.0 Å². The number of aromatic nitrogens is 5. The van der Waals surface area contributed by atoms with Crippen LogP contribution in [0.2, 0.25) is 0 Å². The number of amides is 1. The Balaban J connectivity index is 1.50. The highest BCUT2D eigenvalue weighted by Gasteiger charge is 2.47. The highest BCUT2D eigenvalue weighted by atomic mass is 19.4. The summed E-state index contributed by atoms with van der Waals surface area (Å²) in [5, 5.41) is 17.2. The van der Waals surface area contributed by atoms with E-state index >= 15 is 0 Å². The molecule has 13 heteroatoms. The van der Waals surface area contributed by atoms with Crippen LogP contribution in [0, 0.1) is 5.41 Å². The maximum Gasteiger partial charge on any atom is 0.389 e. The number of carbonyl (C=O) groups is 2. The van der Waals surface area contributed by atoms with E-state index in [4.69, 9.17) is 5.73 Å². The number of alkyl halides is 3. The highest BCUT2D eigenvalue weighted by Crippen LogP contribution is 2.45. The number of nitrogens with zero attached hydrogens (tertiary/aromatic N) is 5. The molecule has 0 spiro atoms. The van der Waals surface area contributed by atoms with Gasteiger partial charge in [-0.2, -0.15) is 18.3 Å². The van der Waals surface area contributed by atoms with Crippen LogP contribution in [0.5, 0.6) is 0 Å². The Kier molecular flexibility index (Phi) is 6.71. The van der Waals surface area contributed by atoms with Gasteiger partial charge in [-0.3, -0.25) is 9.59 Å². The van der Waals surface area contributed by atoms with Crippen molar-refractivity contribution < 1.29 is 27.9 Å². The number of rotatable bonds is 8. The van der Waals surface area contributed by atoms with Crippen molar-refractivity contribution in [3.8, 4) is 11.5 Å². The molecular formula is C28H28F3N7O3. The average molecular weight is 568 g/mol. The first-order chi connectivity index (χ1) is 19.2. The number of aryl methyl sites for hydroxylation is 1. The molecule has 1 aromatic carbocycles. The van der Waals surface area contributed by atoms with Crippen LogP contribution in [0.4, 0.5) is 24.8 Å². The van der Waals surface area contributed by atoms with Gasteiger partial charge in [0.2, 0.25) is 5.91 Å². The average Bonchev–Trinajstić information content (AvgIpc) is 3.38. The molecule has 1 aliphatic rings. The number of nitrogen functional groups attached to an aromatic ring is 1. The number of carbonyl (C=O) groups excluding carboxylic acids is 1. The summed E-state index contributed by atoms with van der Waals surface area (Å²) in [6.07, 6.45) is -3.59. The summed E-state index contributed by atoms with van der Waals surface area (Å²) in [5.74, 6) is -0.920. The van der Waals surface area contributed by atoms with Crippen LogP contribution in [-0.4, -0.2) is 47.9 Å². The molecule has 0 fully saturated rings. The van der Waals surface area contributed by atoms with Crippen molar-refractivity contribution in [1.82, 2.24) is 24.7 Å². The van der Waals surface area contributed by atoms with Crippen molar-refractivity contribution >= 4 is 34.5 Å². The number of nitrogens with one attached hydrogen (secondary N) is 1. The molecule has 0 bridgehead atoms. The van der Waals surface area contributed by atoms with Crippen molar-refractivity contribution in [2.45, 2.75) is 58.2 Å². The Hall–Kier alpha value is -4.55. The largest absolute Gasteiger partial charge is 0.481 e. The van der Waals surface area contributed by atoms with Gasteiger partial charge in [-0.05, 0) is 56.9 Å². The third-order valence-electron chi connectivity index (χ3n) is 7.43. The van der Waals surface area contributed by atoms with Gasteiger partial charge in [0, 0.05) is 19.2 Å². The first kappa shape index (κ1) is 28.0. The first-order valence-electron chi connectivity index (χ1n) is 12.9. The van der Waals surface area contributed by atoms with E-state index in [1.807, 2.05) is 0 Å². The van der Waals surface area contributed by atoms with E-state index in [9.17, 15) is 27.9 Å². The fourth-order valence-corrected chi connectivity index (χ4v) is 5.09. The molecule has 1 amide bonds. The molecule has 0 radical (unpaired) electrons. The Bertz CT molecular complexity index is 1670. The van der Waals surface area contributed by atoms with Gasteiger partial charge in [-0.1, -0.05) is 24.3 Å². The number of hydrogen-bond acceptors (Lipinski definition) is 7. The van der Waals surface area contributed by atoms with Crippen LogP contribution >= 0.6 is 0 Å². The van der Waals surface area contributed by atoms with Gasteiger partial charge >= 0.3 is 12.1 Å². The molecule has 0 saturated heterocycles. The molecule has 4 N–H and O–H groups in total. The predicted octanol–water partition coefficient (Wildman–Crippen LogP) is 4.72. The molecule has 214 valence electrons. The topological polar surface area (TPSA) is 149 Å². The molecule has 0 saturated carbocycles. The fourth-order valence-electron chi connectivity index (χ4n) is 5.09. The third-order valence-corrected chi connectivity index (χ3v) is 7.43. The zero-order valence-corrected chi connectivity index (χ0v) is 22.6. The van der Waals surface area contributed by atoms with Gasteiger partial charge in [-0.25, -0.2) is 19.6 Å². The summed E-state index contributed by atoms with van der Waals surface area (Å²) in [6, 6.07) is 10.5. The zero-order valence-electron chi connectivity index (χ0n) is 22.6. The van der Waals surface area contributed by atoms with Gasteiger partial charge in [0.05, 0.1) is 16.4 Å². The molecular weight excluding hydrogens is 539 g/mol. The molecule has 4 aromatic rings. The number of halogens is 3. The Morgan fingerprint density at radius 1 is 1.15 bits per heavy atom. The number of carboxylic acids is 1. The van der Waals surface area contributed by atoms with Gasteiger partial charge in [0.1, 0.15) is 22.7 Å². The summed E-state index contributed by atoms with van der Waals surface area (Å²) in [5.41, 5.74) is 6.72. The minimum Gasteiger partial charge on any atom is -0.481 e. The van der Waals surface area contributed by atoms with Crippen molar-refractivity contribution in [3.05, 3.63) is 59.3 Å². The third kappa shape index (κ3) is 5.07. The molecule has 1 aliphatic heterocycles. The van der Waals surface area contributed by atoms with E-state index in [0.29, 0.717) is 28.6 Å². The number of pyridine rings is 1. The maximum atomic E-state index is 13.3. The van der Waals surface area contributed by atoms with E-state index in [1.54, 1.807) is 57.2 Å². The lowest BCUT2D eigenvalue weighted by Gasteiger charge is -2.24. The van der Waals surface area contributed by atoms with Gasteiger partial charge in [0.15, 0.2) is 11.5 Å². The van der Waals surface area contributed by atoms with Crippen molar-refractivity contribution in [2.75, 3.05) is 11.1 Å². The second-order valence-corrected chi connectivity index (χ2v) is 11.0. The minimum atomic E-state index is -4.28. The number of nitrogens with two attached hydrogens (primary N) is 1. The van der Waals surface area contributed by atoms with Crippen molar-refractivity contribution in [1.29, 1.82) is 0 Å². The Morgan fingerprint density at radius 2 is 1.85 bits per heavy atom. The Labute approximate surface area is 232 Å².